The molecule has 3 aromatic heterocycles. The second-order valence-corrected chi connectivity index (χ2v) is 5.91. The molecule has 3 heterocycles. The molecule has 0 atom stereocenters. The van der Waals surface area contributed by atoms with Crippen molar-refractivity contribution in [1.82, 2.24) is 29.3 Å². The van der Waals surface area contributed by atoms with E-state index in [2.05, 4.69) is 15.2 Å². The average molecular weight is 312 g/mol. The highest BCUT2D eigenvalue weighted by Gasteiger charge is 2.17. The molecule has 1 amide bonds. The maximum atomic E-state index is 12.7. The minimum Gasteiger partial charge on any atom is -0.336 e. The van der Waals surface area contributed by atoms with E-state index < -0.39 is 0 Å². The van der Waals surface area contributed by atoms with E-state index in [1.807, 2.05) is 40.1 Å². The summed E-state index contributed by atoms with van der Waals surface area (Å²) < 4.78 is 3.50. The number of hydrogen-bond acceptors (Lipinski definition) is 4. The van der Waals surface area contributed by atoms with Gasteiger partial charge in [0.05, 0.1) is 11.4 Å². The van der Waals surface area contributed by atoms with Gasteiger partial charge >= 0.3 is 0 Å². The number of nitrogens with zero attached hydrogens (tertiary/aromatic N) is 6. The smallest absolute Gasteiger partial charge is 0.272 e. The van der Waals surface area contributed by atoms with Crippen LogP contribution in [0.3, 0.4) is 0 Å². The third-order valence-corrected chi connectivity index (χ3v) is 3.82. The molecule has 120 valence electrons. The quantitative estimate of drug-likeness (QED) is 0.737. The van der Waals surface area contributed by atoms with E-state index in [4.69, 9.17) is 0 Å². The normalized spacial score (nSPS) is 11.2. The third kappa shape index (κ3) is 2.81. The molecular weight excluding hydrogens is 292 g/mol. The molecule has 0 aliphatic carbocycles. The molecule has 0 bridgehead atoms. The van der Waals surface area contributed by atoms with E-state index >= 15 is 0 Å². The van der Waals surface area contributed by atoms with Crippen molar-refractivity contribution in [3.63, 3.8) is 0 Å². The van der Waals surface area contributed by atoms with Crippen LogP contribution in [0.25, 0.3) is 5.65 Å². The van der Waals surface area contributed by atoms with Crippen molar-refractivity contribution in [2.75, 3.05) is 7.05 Å². The fraction of sp³-hybridized carbons (Fsp3) is 0.375. The first-order valence-electron chi connectivity index (χ1n) is 7.44. The number of aryl methyl sites for hydroxylation is 4. The molecule has 0 spiro atoms. The molecule has 0 unspecified atom stereocenters. The van der Waals surface area contributed by atoms with Gasteiger partial charge in [-0.05, 0) is 26.8 Å². The van der Waals surface area contributed by atoms with Crippen molar-refractivity contribution in [3.05, 3.63) is 46.7 Å². The highest BCUT2D eigenvalue weighted by Crippen LogP contribution is 2.13. The number of hydrogen-bond donors (Lipinski definition) is 0. The molecule has 3 rings (SSSR count). The molecule has 7 heteroatoms. The van der Waals surface area contributed by atoms with Crippen LogP contribution in [0, 0.1) is 20.8 Å². The summed E-state index contributed by atoms with van der Waals surface area (Å²) in [6.07, 6.45) is 1.93. The zero-order valence-electron chi connectivity index (χ0n) is 14.0. The molecule has 0 N–H and O–H groups in total. The molecular formula is C16H20N6O. The average Bonchev–Trinajstić information content (AvgIpc) is 3.00. The van der Waals surface area contributed by atoms with Gasteiger partial charge in [-0.25, -0.2) is 9.50 Å². The fourth-order valence-corrected chi connectivity index (χ4v) is 2.68. The zero-order valence-corrected chi connectivity index (χ0v) is 14.0. The lowest BCUT2D eigenvalue weighted by Gasteiger charge is -2.16. The minimum absolute atomic E-state index is 0.113. The lowest BCUT2D eigenvalue weighted by molar-refractivity contribution is 0.0779. The third-order valence-electron chi connectivity index (χ3n) is 3.82. The minimum atomic E-state index is -0.113. The monoisotopic (exact) mass is 312 g/mol. The van der Waals surface area contributed by atoms with Crippen LogP contribution in [0.5, 0.6) is 0 Å². The summed E-state index contributed by atoms with van der Waals surface area (Å²) in [5.41, 5.74) is 4.84. The number of aromatic nitrogens is 5. The van der Waals surface area contributed by atoms with Gasteiger partial charge in [0.15, 0.2) is 5.65 Å². The summed E-state index contributed by atoms with van der Waals surface area (Å²) >= 11 is 0. The molecule has 0 aromatic carbocycles. The SMILES string of the molecule is Cc1cc2nc(C(=O)N(C)Cc3cn(C)nc3C)cc(C)n2n1. The Morgan fingerprint density at radius 1 is 1.22 bits per heavy atom. The maximum absolute atomic E-state index is 12.7. The number of rotatable bonds is 3. The van der Waals surface area contributed by atoms with Crippen LogP contribution in [0.1, 0.15) is 33.1 Å². The van der Waals surface area contributed by atoms with Gasteiger partial charge in [0.2, 0.25) is 0 Å². The Bertz CT molecular complexity index is 891. The van der Waals surface area contributed by atoms with E-state index in [0.717, 1.165) is 22.6 Å². The van der Waals surface area contributed by atoms with Crippen LogP contribution >= 0.6 is 0 Å². The van der Waals surface area contributed by atoms with Crippen LogP contribution in [0.2, 0.25) is 0 Å². The van der Waals surface area contributed by atoms with Crippen LogP contribution in [0.15, 0.2) is 18.3 Å². The van der Waals surface area contributed by atoms with Crippen molar-refractivity contribution >= 4 is 11.6 Å². The number of fused-ring (bicyclic) bond motifs is 1. The summed E-state index contributed by atoms with van der Waals surface area (Å²) in [6, 6.07) is 3.64. The summed E-state index contributed by atoms with van der Waals surface area (Å²) in [7, 11) is 3.65. The molecule has 3 aromatic rings. The maximum Gasteiger partial charge on any atom is 0.272 e. The van der Waals surface area contributed by atoms with Crippen LogP contribution in [0.4, 0.5) is 0 Å². The summed E-state index contributed by atoms with van der Waals surface area (Å²) in [6.45, 7) is 6.27. The van der Waals surface area contributed by atoms with Gasteiger partial charge in [0.1, 0.15) is 5.69 Å². The van der Waals surface area contributed by atoms with E-state index in [1.165, 1.54) is 0 Å². The highest BCUT2D eigenvalue weighted by molar-refractivity contribution is 5.92. The summed E-state index contributed by atoms with van der Waals surface area (Å²) in [4.78, 5) is 18.8. The Balaban J connectivity index is 1.88. The standard InChI is InChI=1S/C16H20N6O/c1-10-6-15-17-14(7-11(2)22(15)18-10)16(23)20(4)8-13-9-21(5)19-12(13)3/h6-7,9H,8H2,1-5H3. The molecule has 0 radical (unpaired) electrons. The van der Waals surface area contributed by atoms with E-state index in [0.29, 0.717) is 17.9 Å². The second kappa shape index (κ2) is 5.49. The topological polar surface area (TPSA) is 68.3 Å². The first kappa shape index (κ1) is 15.2. The Hall–Kier alpha value is -2.70. The number of amides is 1. The Labute approximate surface area is 134 Å². The predicted octanol–water partition coefficient (Wildman–Crippen LogP) is 1.66. The second-order valence-electron chi connectivity index (χ2n) is 5.91. The van der Waals surface area contributed by atoms with Gasteiger partial charge in [0, 0.05) is 44.2 Å². The van der Waals surface area contributed by atoms with Crippen molar-refractivity contribution < 1.29 is 4.79 Å². The van der Waals surface area contributed by atoms with Gasteiger partial charge in [-0.3, -0.25) is 9.48 Å². The lowest BCUT2D eigenvalue weighted by Crippen LogP contribution is -2.27. The first-order chi connectivity index (χ1) is 10.8. The van der Waals surface area contributed by atoms with Crippen molar-refractivity contribution in [2.45, 2.75) is 27.3 Å². The van der Waals surface area contributed by atoms with E-state index in [9.17, 15) is 4.79 Å². The number of carbonyl (C=O) groups excluding carboxylic acids is 1. The van der Waals surface area contributed by atoms with Crippen molar-refractivity contribution in [2.24, 2.45) is 7.05 Å². The van der Waals surface area contributed by atoms with Gasteiger partial charge in [-0.2, -0.15) is 10.2 Å². The van der Waals surface area contributed by atoms with Gasteiger partial charge < -0.3 is 4.90 Å². The van der Waals surface area contributed by atoms with E-state index in [1.54, 1.807) is 27.2 Å². The largest absolute Gasteiger partial charge is 0.336 e. The summed E-state index contributed by atoms with van der Waals surface area (Å²) in [5.74, 6) is -0.113. The van der Waals surface area contributed by atoms with Gasteiger partial charge in [0.25, 0.3) is 5.91 Å². The van der Waals surface area contributed by atoms with Crippen LogP contribution in [-0.4, -0.2) is 42.2 Å². The van der Waals surface area contributed by atoms with Crippen molar-refractivity contribution in [1.29, 1.82) is 0 Å². The molecule has 0 aliphatic heterocycles. The molecule has 23 heavy (non-hydrogen) atoms. The highest BCUT2D eigenvalue weighted by atomic mass is 16.2. The molecule has 0 fully saturated rings. The molecule has 7 nitrogen and oxygen atoms in total. The molecule has 0 saturated heterocycles. The predicted molar refractivity (Wildman–Crippen MR) is 86.2 cm³/mol. The summed E-state index contributed by atoms with van der Waals surface area (Å²) in [5, 5.41) is 8.66. The Morgan fingerprint density at radius 2 is 1.96 bits per heavy atom. The van der Waals surface area contributed by atoms with E-state index in [-0.39, 0.29) is 5.91 Å². The lowest BCUT2D eigenvalue weighted by atomic mass is 10.2. The zero-order chi connectivity index (χ0) is 16.7. The molecule has 0 aliphatic rings. The number of carbonyl (C=O) groups is 1. The van der Waals surface area contributed by atoms with Gasteiger partial charge in [-0.1, -0.05) is 0 Å². The van der Waals surface area contributed by atoms with Crippen LogP contribution < -0.4 is 0 Å². The molecule has 0 saturated carbocycles. The first-order valence-corrected chi connectivity index (χ1v) is 7.44. The Morgan fingerprint density at radius 3 is 2.61 bits per heavy atom. The van der Waals surface area contributed by atoms with Crippen molar-refractivity contribution in [3.8, 4) is 0 Å². The van der Waals surface area contributed by atoms with Gasteiger partial charge in [-0.15, -0.1) is 0 Å². The van der Waals surface area contributed by atoms with Crippen LogP contribution in [-0.2, 0) is 13.6 Å². The Kier molecular flexibility index (Phi) is 3.63. The fourth-order valence-electron chi connectivity index (χ4n) is 2.68.